The van der Waals surface area contributed by atoms with Crippen LogP contribution in [0.2, 0.25) is 0 Å². The molecule has 0 radical (unpaired) electrons. The quantitative estimate of drug-likeness (QED) is 0.806. The minimum atomic E-state index is -0.368. The number of hydrogen-bond donors (Lipinski definition) is 2. The molecule has 0 aromatic heterocycles. The average Bonchev–Trinajstić information content (AvgIpc) is 2.65. The predicted octanol–water partition coefficient (Wildman–Crippen LogP) is 2.80. The summed E-state index contributed by atoms with van der Waals surface area (Å²) < 4.78 is 5.39. The maximum atomic E-state index is 10.3. The molecule has 0 saturated carbocycles. The molecule has 1 saturated heterocycles. The number of aryl methyl sites for hydroxylation is 1. The topological polar surface area (TPSA) is 72.5 Å². The third-order valence-corrected chi connectivity index (χ3v) is 4.67. The summed E-state index contributed by atoms with van der Waals surface area (Å²) in [7, 11) is 1.00. The number of aldehydes is 1. The third kappa shape index (κ3) is 10.5. The molecule has 1 heterocycles. The summed E-state index contributed by atoms with van der Waals surface area (Å²) in [6.45, 7) is 5.26. The molecule has 0 spiro atoms. The number of hydrogen-bond acceptors (Lipinski definition) is 5. The van der Waals surface area contributed by atoms with Crippen LogP contribution in [-0.4, -0.2) is 42.3 Å². The summed E-state index contributed by atoms with van der Waals surface area (Å²) >= 11 is 1.94. The Labute approximate surface area is 144 Å². The minimum absolute atomic E-state index is 0.368. The summed E-state index contributed by atoms with van der Waals surface area (Å²) in [6, 6.07) is 7.84. The predicted molar refractivity (Wildman–Crippen MR) is 98.8 cm³/mol. The number of ether oxygens (including phenoxy) is 1. The van der Waals surface area contributed by atoms with Crippen molar-refractivity contribution in [1.29, 1.82) is 0 Å². The van der Waals surface area contributed by atoms with Crippen molar-refractivity contribution < 1.29 is 14.6 Å². The van der Waals surface area contributed by atoms with Gasteiger partial charge in [0.25, 0.3) is 0 Å². The van der Waals surface area contributed by atoms with Gasteiger partial charge < -0.3 is 20.4 Å². The number of carbonyl (C=O) groups is 1. The van der Waals surface area contributed by atoms with Gasteiger partial charge in [0.05, 0.1) is 6.04 Å². The second-order valence-electron chi connectivity index (χ2n) is 5.11. The fraction of sp³-hybridized carbons (Fsp3) is 0.611. The van der Waals surface area contributed by atoms with Crippen molar-refractivity contribution in [2.45, 2.75) is 51.0 Å². The molecule has 2 unspecified atom stereocenters. The normalized spacial score (nSPS) is 17.9. The molecule has 1 aromatic carbocycles. The standard InChI is InChI=1S/C11H15NO.C6H12OS.CH4O/c1-2-9-3-5-10(6-4-9)7-11(12)8-13;1-2-6-7-4-3-5-8-6;1-2/h3-6,8,11H,2,7,12H2,1H3;6H,2-5H2,1H3;2H,1H3. The van der Waals surface area contributed by atoms with E-state index in [4.69, 9.17) is 15.6 Å². The molecule has 0 amide bonds. The molecule has 23 heavy (non-hydrogen) atoms. The first-order valence-corrected chi connectivity index (χ1v) is 9.21. The number of aliphatic hydroxyl groups excluding tert-OH is 1. The van der Waals surface area contributed by atoms with Gasteiger partial charge in [-0.1, -0.05) is 38.1 Å². The molecule has 3 N–H and O–H groups in total. The van der Waals surface area contributed by atoms with E-state index in [2.05, 4.69) is 26.0 Å². The largest absolute Gasteiger partial charge is 0.400 e. The number of thioether (sulfide) groups is 1. The molecule has 1 fully saturated rings. The van der Waals surface area contributed by atoms with E-state index in [9.17, 15) is 4.79 Å². The van der Waals surface area contributed by atoms with Gasteiger partial charge in [0, 0.05) is 13.7 Å². The Kier molecular flexibility index (Phi) is 14.1. The van der Waals surface area contributed by atoms with Crippen molar-refractivity contribution in [3.05, 3.63) is 35.4 Å². The van der Waals surface area contributed by atoms with Crippen molar-refractivity contribution in [3.8, 4) is 0 Å². The van der Waals surface area contributed by atoms with E-state index < -0.39 is 0 Å². The summed E-state index contributed by atoms with van der Waals surface area (Å²) in [5, 5.41) is 7.00. The third-order valence-electron chi connectivity index (χ3n) is 3.31. The number of nitrogens with two attached hydrogens (primary N) is 1. The molecule has 4 nitrogen and oxygen atoms in total. The number of benzene rings is 1. The smallest absolute Gasteiger partial charge is 0.137 e. The zero-order valence-electron chi connectivity index (χ0n) is 14.5. The first kappa shape index (κ1) is 22.1. The van der Waals surface area contributed by atoms with E-state index in [1.54, 1.807) is 0 Å². The fourth-order valence-electron chi connectivity index (χ4n) is 2.00. The number of aliphatic hydroxyl groups is 1. The molecule has 2 atom stereocenters. The van der Waals surface area contributed by atoms with E-state index in [0.717, 1.165) is 38.4 Å². The van der Waals surface area contributed by atoms with Crippen LogP contribution in [0.4, 0.5) is 0 Å². The van der Waals surface area contributed by atoms with Crippen LogP contribution in [-0.2, 0) is 22.4 Å². The van der Waals surface area contributed by atoms with E-state index in [-0.39, 0.29) is 6.04 Å². The summed E-state index contributed by atoms with van der Waals surface area (Å²) in [5.41, 5.74) is 8.44. The van der Waals surface area contributed by atoms with E-state index >= 15 is 0 Å². The van der Waals surface area contributed by atoms with Crippen LogP contribution in [0, 0.1) is 0 Å². The number of carbonyl (C=O) groups excluding carboxylic acids is 1. The van der Waals surface area contributed by atoms with E-state index in [0.29, 0.717) is 11.9 Å². The second kappa shape index (κ2) is 14.7. The highest BCUT2D eigenvalue weighted by Crippen LogP contribution is 2.21. The van der Waals surface area contributed by atoms with Crippen molar-refractivity contribution in [3.63, 3.8) is 0 Å². The van der Waals surface area contributed by atoms with E-state index in [1.165, 1.54) is 17.7 Å². The molecule has 5 heteroatoms. The van der Waals surface area contributed by atoms with Crippen molar-refractivity contribution in [2.75, 3.05) is 19.5 Å². The Bertz CT molecular complexity index is 392. The van der Waals surface area contributed by atoms with Crippen LogP contribution < -0.4 is 5.73 Å². The Hall–Kier alpha value is -0.880. The van der Waals surface area contributed by atoms with Crippen LogP contribution >= 0.6 is 11.8 Å². The first-order valence-electron chi connectivity index (χ1n) is 8.16. The van der Waals surface area contributed by atoms with Crippen LogP contribution in [0.15, 0.2) is 24.3 Å². The molecule has 1 aliphatic heterocycles. The zero-order valence-corrected chi connectivity index (χ0v) is 15.3. The first-order chi connectivity index (χ1) is 11.2. The molecule has 0 bridgehead atoms. The van der Waals surface area contributed by atoms with Crippen LogP contribution in [0.5, 0.6) is 0 Å². The van der Waals surface area contributed by atoms with Gasteiger partial charge in [0.15, 0.2) is 0 Å². The highest BCUT2D eigenvalue weighted by molar-refractivity contribution is 7.99. The lowest BCUT2D eigenvalue weighted by atomic mass is 10.0. The molecule has 132 valence electrons. The summed E-state index contributed by atoms with van der Waals surface area (Å²) in [5.74, 6) is 1.29. The molecule has 2 rings (SSSR count). The summed E-state index contributed by atoms with van der Waals surface area (Å²) in [4.78, 5) is 10.3. The van der Waals surface area contributed by atoms with Crippen molar-refractivity contribution in [2.24, 2.45) is 5.73 Å². The molecule has 1 aliphatic rings. The van der Waals surface area contributed by atoms with Gasteiger partial charge in [0.1, 0.15) is 11.7 Å². The lowest BCUT2D eigenvalue weighted by Crippen LogP contribution is -2.23. The van der Waals surface area contributed by atoms with Gasteiger partial charge in [-0.3, -0.25) is 0 Å². The zero-order chi connectivity index (χ0) is 17.5. The van der Waals surface area contributed by atoms with E-state index in [1.807, 2.05) is 23.9 Å². The molecule has 0 aliphatic carbocycles. The maximum Gasteiger partial charge on any atom is 0.137 e. The van der Waals surface area contributed by atoms with Crippen LogP contribution in [0.25, 0.3) is 0 Å². The Balaban J connectivity index is 0.000000414. The Morgan fingerprint density at radius 3 is 2.30 bits per heavy atom. The van der Waals surface area contributed by atoms with Crippen molar-refractivity contribution in [1.82, 2.24) is 0 Å². The fourth-order valence-corrected chi connectivity index (χ4v) is 2.98. The van der Waals surface area contributed by atoms with Gasteiger partial charge in [-0.05, 0) is 42.6 Å². The van der Waals surface area contributed by atoms with Gasteiger partial charge in [0.2, 0.25) is 0 Å². The van der Waals surface area contributed by atoms with Gasteiger partial charge >= 0.3 is 0 Å². The monoisotopic (exact) mass is 341 g/mol. The Morgan fingerprint density at radius 1 is 1.30 bits per heavy atom. The number of rotatable bonds is 5. The van der Waals surface area contributed by atoms with Gasteiger partial charge in [-0.15, -0.1) is 11.8 Å². The van der Waals surface area contributed by atoms with Gasteiger partial charge in [-0.2, -0.15) is 0 Å². The Morgan fingerprint density at radius 2 is 1.91 bits per heavy atom. The molecule has 1 aromatic rings. The lowest BCUT2D eigenvalue weighted by molar-refractivity contribution is -0.108. The maximum absolute atomic E-state index is 10.3. The second-order valence-corrected chi connectivity index (χ2v) is 6.37. The van der Waals surface area contributed by atoms with Crippen LogP contribution in [0.3, 0.4) is 0 Å². The SMILES string of the molecule is CCC1OCCCS1.CCc1ccc(CC(N)C=O)cc1.CO. The molecular formula is C18H31NO3S. The highest BCUT2D eigenvalue weighted by Gasteiger charge is 2.10. The van der Waals surface area contributed by atoms with Gasteiger partial charge in [-0.25, -0.2) is 0 Å². The minimum Gasteiger partial charge on any atom is -0.400 e. The lowest BCUT2D eigenvalue weighted by Gasteiger charge is -2.19. The van der Waals surface area contributed by atoms with Crippen LogP contribution in [0.1, 0.15) is 37.8 Å². The van der Waals surface area contributed by atoms with Crippen molar-refractivity contribution >= 4 is 18.0 Å². The summed E-state index contributed by atoms with van der Waals surface area (Å²) in [6.07, 6.45) is 4.85. The average molecular weight is 342 g/mol. The highest BCUT2D eigenvalue weighted by atomic mass is 32.2. The molecular weight excluding hydrogens is 310 g/mol.